The number of ether oxygens (including phenoxy) is 4. The molecule has 0 bridgehead atoms. The Bertz CT molecular complexity index is 1290. The minimum absolute atomic E-state index is 0.133. The highest BCUT2D eigenvalue weighted by atomic mass is 19.3. The lowest BCUT2D eigenvalue weighted by Gasteiger charge is -2.10. The van der Waals surface area contributed by atoms with Crippen LogP contribution in [-0.4, -0.2) is 27.5 Å². The van der Waals surface area contributed by atoms with Crippen LogP contribution < -0.4 is 29.6 Å². The number of aromatic nitrogens is 2. The van der Waals surface area contributed by atoms with E-state index < -0.39 is 23.2 Å². The third-order valence-corrected chi connectivity index (χ3v) is 4.29. The number of nitrogens with one attached hydrogen (secondary N) is 2. The average molecular weight is 467 g/mol. The standard InChI is InChI=1S/C18H9F4N5O6/c19-17(20)30-11-3-1-8(5-13(11)32-17)24-15-10(27(28)29)7-23-16(26-15)25-9-2-4-12-14(6-9)33-18(21,22)31-12/h1-7H,(H2,23,24,25,26). The second-order valence-corrected chi connectivity index (χ2v) is 6.59. The van der Waals surface area contributed by atoms with Gasteiger partial charge >= 0.3 is 18.3 Å². The second kappa shape index (κ2) is 6.98. The lowest BCUT2D eigenvalue weighted by Crippen LogP contribution is -2.25. The summed E-state index contributed by atoms with van der Waals surface area (Å²) in [6.45, 7) is 0. The number of hydrogen-bond acceptors (Lipinski definition) is 10. The highest BCUT2D eigenvalue weighted by Gasteiger charge is 2.44. The Labute approximate surface area is 180 Å². The molecule has 0 fully saturated rings. The zero-order chi connectivity index (χ0) is 23.4. The summed E-state index contributed by atoms with van der Waals surface area (Å²) in [5, 5.41) is 16.7. The molecule has 0 saturated heterocycles. The maximum Gasteiger partial charge on any atom is 0.586 e. The van der Waals surface area contributed by atoms with Gasteiger partial charge in [-0.3, -0.25) is 10.1 Å². The molecule has 0 unspecified atom stereocenters. The van der Waals surface area contributed by atoms with Gasteiger partial charge in [-0.05, 0) is 24.3 Å². The Kier molecular flexibility index (Phi) is 4.30. The molecule has 0 atom stereocenters. The molecule has 0 radical (unpaired) electrons. The van der Waals surface area contributed by atoms with Gasteiger partial charge in [-0.2, -0.15) is 4.98 Å². The van der Waals surface area contributed by atoms with E-state index in [2.05, 4.69) is 39.5 Å². The van der Waals surface area contributed by atoms with E-state index >= 15 is 0 Å². The van der Waals surface area contributed by atoms with Crippen molar-refractivity contribution in [2.45, 2.75) is 12.6 Å². The normalized spacial score (nSPS) is 16.4. The molecule has 11 nitrogen and oxygen atoms in total. The third-order valence-electron chi connectivity index (χ3n) is 4.29. The van der Waals surface area contributed by atoms with E-state index in [9.17, 15) is 27.7 Å². The van der Waals surface area contributed by atoms with Gasteiger partial charge in [0.2, 0.25) is 11.8 Å². The lowest BCUT2D eigenvalue weighted by molar-refractivity contribution is -0.384. The number of benzene rings is 2. The van der Waals surface area contributed by atoms with Crippen molar-refractivity contribution in [2.75, 3.05) is 10.6 Å². The molecular formula is C18H9F4N5O6. The van der Waals surface area contributed by atoms with Crippen LogP contribution >= 0.6 is 0 Å². The fourth-order valence-corrected chi connectivity index (χ4v) is 2.98. The first-order valence-corrected chi connectivity index (χ1v) is 8.92. The smallest absolute Gasteiger partial charge is 0.395 e. The Morgan fingerprint density at radius 1 is 0.818 bits per heavy atom. The molecule has 5 rings (SSSR count). The Morgan fingerprint density at radius 2 is 1.33 bits per heavy atom. The predicted molar refractivity (Wildman–Crippen MR) is 101 cm³/mol. The first-order valence-electron chi connectivity index (χ1n) is 8.92. The predicted octanol–water partition coefficient (Wildman–Crippen LogP) is 4.52. The summed E-state index contributed by atoms with van der Waals surface area (Å²) < 4.78 is 70.1. The molecule has 1 aromatic heterocycles. The summed E-state index contributed by atoms with van der Waals surface area (Å²) in [6.07, 6.45) is -6.72. The first-order chi connectivity index (χ1) is 15.6. The number of nitrogens with zero attached hydrogens (tertiary/aromatic N) is 3. The van der Waals surface area contributed by atoms with Crippen molar-refractivity contribution in [1.82, 2.24) is 9.97 Å². The summed E-state index contributed by atoms with van der Waals surface area (Å²) in [4.78, 5) is 18.5. The van der Waals surface area contributed by atoms with Crippen LogP contribution in [0.5, 0.6) is 23.0 Å². The summed E-state index contributed by atoms with van der Waals surface area (Å²) in [5.41, 5.74) is -0.165. The zero-order valence-electron chi connectivity index (χ0n) is 15.8. The minimum atomic E-state index is -3.83. The van der Waals surface area contributed by atoms with Crippen molar-refractivity contribution < 1.29 is 41.4 Å². The lowest BCUT2D eigenvalue weighted by atomic mass is 10.2. The van der Waals surface area contributed by atoms with E-state index in [4.69, 9.17) is 0 Å². The van der Waals surface area contributed by atoms with E-state index in [-0.39, 0.29) is 46.1 Å². The number of nitro groups is 1. The molecular weight excluding hydrogens is 458 g/mol. The number of hydrogen-bond donors (Lipinski definition) is 2. The molecule has 2 aliphatic rings. The number of alkyl halides is 4. The van der Waals surface area contributed by atoms with Gasteiger partial charge in [0.15, 0.2) is 23.0 Å². The van der Waals surface area contributed by atoms with Crippen LogP contribution in [0.2, 0.25) is 0 Å². The monoisotopic (exact) mass is 467 g/mol. The molecule has 3 aromatic rings. The van der Waals surface area contributed by atoms with Crippen LogP contribution in [0.1, 0.15) is 0 Å². The SMILES string of the molecule is O=[N+]([O-])c1cnc(Nc2ccc3c(c2)OC(F)(F)O3)nc1Nc1ccc2c(c1)OC(F)(F)O2. The molecule has 0 spiro atoms. The van der Waals surface area contributed by atoms with E-state index in [1.54, 1.807) is 0 Å². The first kappa shape index (κ1) is 20.3. The number of fused-ring (bicyclic) bond motifs is 2. The van der Waals surface area contributed by atoms with Crippen LogP contribution in [0, 0.1) is 10.1 Å². The summed E-state index contributed by atoms with van der Waals surface area (Å²) in [6, 6.07) is 7.46. The van der Waals surface area contributed by atoms with Crippen molar-refractivity contribution in [3.8, 4) is 23.0 Å². The fraction of sp³-hybridized carbons (Fsp3) is 0.111. The van der Waals surface area contributed by atoms with Crippen molar-refractivity contribution in [3.63, 3.8) is 0 Å². The summed E-state index contributed by atoms with van der Waals surface area (Å²) in [5.74, 6) is -1.32. The number of rotatable bonds is 5. The van der Waals surface area contributed by atoms with Crippen LogP contribution in [0.4, 0.5) is 46.4 Å². The molecule has 2 aliphatic heterocycles. The molecule has 0 amide bonds. The summed E-state index contributed by atoms with van der Waals surface area (Å²) >= 11 is 0. The van der Waals surface area contributed by atoms with Crippen LogP contribution in [-0.2, 0) is 0 Å². The van der Waals surface area contributed by atoms with Crippen molar-refractivity contribution in [2.24, 2.45) is 0 Å². The molecule has 0 saturated carbocycles. The molecule has 33 heavy (non-hydrogen) atoms. The fourth-order valence-electron chi connectivity index (χ4n) is 2.98. The number of anilines is 4. The quantitative estimate of drug-likeness (QED) is 0.314. The van der Waals surface area contributed by atoms with Gasteiger partial charge in [0.1, 0.15) is 6.20 Å². The second-order valence-electron chi connectivity index (χ2n) is 6.59. The van der Waals surface area contributed by atoms with Crippen molar-refractivity contribution in [3.05, 3.63) is 52.7 Å². The van der Waals surface area contributed by atoms with Gasteiger partial charge in [-0.1, -0.05) is 0 Å². The van der Waals surface area contributed by atoms with Crippen LogP contribution in [0.3, 0.4) is 0 Å². The molecule has 15 heteroatoms. The Balaban J connectivity index is 1.41. The van der Waals surface area contributed by atoms with Gasteiger partial charge in [0, 0.05) is 23.5 Å². The van der Waals surface area contributed by atoms with Gasteiger partial charge in [-0.25, -0.2) is 4.98 Å². The Morgan fingerprint density at radius 3 is 1.88 bits per heavy atom. The van der Waals surface area contributed by atoms with Gasteiger partial charge in [0.25, 0.3) is 0 Å². The maximum absolute atomic E-state index is 13.2. The topological polar surface area (TPSA) is 130 Å². The Hall–Kier alpha value is -4.56. The van der Waals surface area contributed by atoms with E-state index in [1.807, 2.05) is 0 Å². The minimum Gasteiger partial charge on any atom is -0.395 e. The van der Waals surface area contributed by atoms with E-state index in [0.29, 0.717) is 0 Å². The maximum atomic E-state index is 13.2. The molecule has 3 heterocycles. The summed E-state index contributed by atoms with van der Waals surface area (Å²) in [7, 11) is 0. The van der Waals surface area contributed by atoms with Gasteiger partial charge < -0.3 is 29.6 Å². The van der Waals surface area contributed by atoms with Crippen LogP contribution in [0.25, 0.3) is 0 Å². The largest absolute Gasteiger partial charge is 0.586 e. The average Bonchev–Trinajstić information content (AvgIpc) is 3.19. The zero-order valence-corrected chi connectivity index (χ0v) is 15.8. The van der Waals surface area contributed by atoms with Crippen LogP contribution in [0.15, 0.2) is 42.6 Å². The van der Waals surface area contributed by atoms with Gasteiger partial charge in [-0.15, -0.1) is 17.6 Å². The van der Waals surface area contributed by atoms with E-state index in [1.165, 1.54) is 30.3 Å². The number of halogens is 4. The van der Waals surface area contributed by atoms with E-state index in [0.717, 1.165) is 12.3 Å². The van der Waals surface area contributed by atoms with Gasteiger partial charge in [0.05, 0.1) is 4.92 Å². The molecule has 170 valence electrons. The van der Waals surface area contributed by atoms with Crippen molar-refractivity contribution >= 4 is 28.8 Å². The van der Waals surface area contributed by atoms with Crippen molar-refractivity contribution in [1.29, 1.82) is 0 Å². The highest BCUT2D eigenvalue weighted by molar-refractivity contribution is 5.69. The molecule has 0 aliphatic carbocycles. The highest BCUT2D eigenvalue weighted by Crippen LogP contribution is 2.44. The third kappa shape index (κ3) is 4.02. The molecule has 2 aromatic carbocycles. The molecule has 2 N–H and O–H groups in total.